The van der Waals surface area contributed by atoms with Crippen molar-refractivity contribution in [2.45, 2.75) is 22.6 Å². The average molecular weight is 265 g/mol. The summed E-state index contributed by atoms with van der Waals surface area (Å²) in [5.74, 6) is -0.899. The Morgan fingerprint density at radius 3 is 2.65 bits per heavy atom. The third kappa shape index (κ3) is 3.08. The first kappa shape index (κ1) is 12.1. The number of carboxylic acid groups (broad SMARTS) is 1. The van der Waals surface area contributed by atoms with E-state index >= 15 is 0 Å². The van der Waals surface area contributed by atoms with E-state index in [0.29, 0.717) is 5.56 Å². The zero-order valence-corrected chi connectivity index (χ0v) is 10.8. The lowest BCUT2D eigenvalue weighted by Crippen LogP contribution is -1.94. The van der Waals surface area contributed by atoms with Crippen molar-refractivity contribution in [3.05, 3.63) is 40.9 Å². The lowest BCUT2D eigenvalue weighted by atomic mass is 10.2. The van der Waals surface area contributed by atoms with Gasteiger partial charge in [0.2, 0.25) is 0 Å². The zero-order chi connectivity index (χ0) is 12.3. The molecule has 3 nitrogen and oxygen atoms in total. The highest BCUT2D eigenvalue weighted by Gasteiger charge is 2.05. The first-order valence-electron chi connectivity index (χ1n) is 5.14. The summed E-state index contributed by atoms with van der Waals surface area (Å²) >= 11 is 3.17. The summed E-state index contributed by atoms with van der Waals surface area (Å²) < 4.78 is 0.991. The molecule has 0 radical (unpaired) electrons. The summed E-state index contributed by atoms with van der Waals surface area (Å²) in [6.07, 6.45) is 0.939. The van der Waals surface area contributed by atoms with Gasteiger partial charge in [0.1, 0.15) is 0 Å². The monoisotopic (exact) mass is 265 g/mol. The van der Waals surface area contributed by atoms with E-state index in [1.54, 1.807) is 47.4 Å². The van der Waals surface area contributed by atoms with Crippen LogP contribution in [0.5, 0.6) is 0 Å². The molecule has 0 saturated heterocycles. The van der Waals surface area contributed by atoms with Gasteiger partial charge in [-0.25, -0.2) is 9.78 Å². The normalized spacial score (nSPS) is 10.4. The molecule has 5 heteroatoms. The van der Waals surface area contributed by atoms with E-state index in [-0.39, 0.29) is 0 Å². The van der Waals surface area contributed by atoms with E-state index in [1.165, 1.54) is 0 Å². The first-order chi connectivity index (χ1) is 8.19. The third-order valence-corrected chi connectivity index (χ3v) is 4.19. The van der Waals surface area contributed by atoms with Gasteiger partial charge < -0.3 is 5.11 Å². The van der Waals surface area contributed by atoms with Crippen LogP contribution in [0.25, 0.3) is 0 Å². The fourth-order valence-corrected chi connectivity index (χ4v) is 3.15. The van der Waals surface area contributed by atoms with Crippen molar-refractivity contribution in [1.82, 2.24) is 4.98 Å². The molecule has 1 aromatic carbocycles. The zero-order valence-electron chi connectivity index (χ0n) is 9.21. The van der Waals surface area contributed by atoms with Crippen LogP contribution in [0.2, 0.25) is 0 Å². The van der Waals surface area contributed by atoms with E-state index in [2.05, 4.69) is 11.9 Å². The molecule has 88 valence electrons. The van der Waals surface area contributed by atoms with Crippen LogP contribution in [-0.4, -0.2) is 16.1 Å². The van der Waals surface area contributed by atoms with E-state index in [9.17, 15) is 4.79 Å². The molecular weight excluding hydrogens is 254 g/mol. The maximum Gasteiger partial charge on any atom is 0.335 e. The predicted octanol–water partition coefficient (Wildman–Crippen LogP) is 3.55. The minimum absolute atomic E-state index is 0.308. The topological polar surface area (TPSA) is 50.2 Å². The molecule has 0 bridgehead atoms. The molecule has 0 aliphatic rings. The number of carboxylic acids is 1. The molecule has 0 saturated carbocycles. The highest BCUT2D eigenvalue weighted by Crippen LogP contribution is 2.30. The Morgan fingerprint density at radius 2 is 2.12 bits per heavy atom. The molecule has 1 N–H and O–H groups in total. The molecule has 1 aromatic heterocycles. The van der Waals surface area contributed by atoms with Gasteiger partial charge in [0.05, 0.1) is 11.3 Å². The van der Waals surface area contributed by atoms with Crippen molar-refractivity contribution in [3.63, 3.8) is 0 Å². The second-order valence-corrected chi connectivity index (χ2v) is 5.57. The van der Waals surface area contributed by atoms with Gasteiger partial charge in [0.25, 0.3) is 0 Å². The fourth-order valence-electron chi connectivity index (χ4n) is 1.26. The minimum atomic E-state index is -0.899. The molecule has 0 spiro atoms. The number of hydrogen-bond acceptors (Lipinski definition) is 4. The standard InChI is InChI=1S/C12H11NO2S2/c1-2-9-7-16-12(13-9)17-10-5-3-8(4-6-10)11(14)15/h3-7H,2H2,1H3,(H,14,15). The molecule has 1 heterocycles. The van der Waals surface area contributed by atoms with E-state index in [1.807, 2.05) is 5.38 Å². The molecular formula is C12H11NO2S2. The van der Waals surface area contributed by atoms with Crippen LogP contribution in [0.3, 0.4) is 0 Å². The quantitative estimate of drug-likeness (QED) is 0.918. The Morgan fingerprint density at radius 1 is 1.41 bits per heavy atom. The van der Waals surface area contributed by atoms with Crippen LogP contribution < -0.4 is 0 Å². The second-order valence-electron chi connectivity index (χ2n) is 3.39. The Hall–Kier alpha value is -1.33. The van der Waals surface area contributed by atoms with Gasteiger partial charge in [-0.3, -0.25) is 0 Å². The van der Waals surface area contributed by atoms with Crippen molar-refractivity contribution < 1.29 is 9.90 Å². The highest BCUT2D eigenvalue weighted by atomic mass is 32.2. The summed E-state index contributed by atoms with van der Waals surface area (Å²) in [6, 6.07) is 6.83. The molecule has 0 aliphatic carbocycles. The summed E-state index contributed by atoms with van der Waals surface area (Å²) in [5, 5.41) is 10.8. The van der Waals surface area contributed by atoms with Crippen molar-refractivity contribution in [1.29, 1.82) is 0 Å². The smallest absolute Gasteiger partial charge is 0.335 e. The number of rotatable bonds is 4. The lowest BCUT2D eigenvalue weighted by molar-refractivity contribution is 0.0697. The van der Waals surface area contributed by atoms with Crippen LogP contribution in [-0.2, 0) is 6.42 Å². The van der Waals surface area contributed by atoms with Gasteiger partial charge in [0, 0.05) is 10.3 Å². The maximum absolute atomic E-state index is 10.7. The molecule has 17 heavy (non-hydrogen) atoms. The molecule has 2 rings (SSSR count). The first-order valence-corrected chi connectivity index (χ1v) is 6.84. The summed E-state index contributed by atoms with van der Waals surface area (Å²) in [4.78, 5) is 16.1. The van der Waals surface area contributed by atoms with Crippen LogP contribution in [0.1, 0.15) is 23.0 Å². The number of aromatic nitrogens is 1. The number of carbonyl (C=O) groups is 1. The third-order valence-electron chi connectivity index (χ3n) is 2.20. The van der Waals surface area contributed by atoms with Gasteiger partial charge in [-0.05, 0) is 30.7 Å². The molecule has 0 fully saturated rings. The average Bonchev–Trinajstić information content (AvgIpc) is 2.77. The van der Waals surface area contributed by atoms with Gasteiger partial charge in [0.15, 0.2) is 4.34 Å². The van der Waals surface area contributed by atoms with Crippen molar-refractivity contribution in [2.24, 2.45) is 0 Å². The SMILES string of the molecule is CCc1csc(Sc2ccc(C(=O)O)cc2)n1. The van der Waals surface area contributed by atoms with Gasteiger partial charge in [-0.2, -0.15) is 0 Å². The molecule has 0 amide bonds. The summed E-state index contributed by atoms with van der Waals surface area (Å²) in [6.45, 7) is 2.07. The Balaban J connectivity index is 2.10. The summed E-state index contributed by atoms with van der Waals surface area (Å²) in [7, 11) is 0. The Labute approximate surface area is 108 Å². The fraction of sp³-hybridized carbons (Fsp3) is 0.167. The number of nitrogens with zero attached hydrogens (tertiary/aromatic N) is 1. The number of aryl methyl sites for hydroxylation is 1. The predicted molar refractivity (Wildman–Crippen MR) is 69.0 cm³/mol. The van der Waals surface area contributed by atoms with Crippen molar-refractivity contribution >= 4 is 29.1 Å². The largest absolute Gasteiger partial charge is 0.478 e. The van der Waals surface area contributed by atoms with Crippen molar-refractivity contribution in [2.75, 3.05) is 0 Å². The number of hydrogen-bond donors (Lipinski definition) is 1. The van der Waals surface area contributed by atoms with Crippen LogP contribution in [0.4, 0.5) is 0 Å². The summed E-state index contributed by atoms with van der Waals surface area (Å²) in [5.41, 5.74) is 1.40. The van der Waals surface area contributed by atoms with Crippen molar-refractivity contribution in [3.8, 4) is 0 Å². The van der Waals surface area contributed by atoms with Crippen LogP contribution in [0.15, 0.2) is 38.9 Å². The van der Waals surface area contributed by atoms with Crippen LogP contribution in [0, 0.1) is 0 Å². The lowest BCUT2D eigenvalue weighted by Gasteiger charge is -1.98. The second kappa shape index (κ2) is 5.33. The Bertz CT molecular complexity index is 520. The molecule has 0 unspecified atom stereocenters. The molecule has 0 atom stereocenters. The van der Waals surface area contributed by atoms with E-state index in [0.717, 1.165) is 21.3 Å². The minimum Gasteiger partial charge on any atom is -0.478 e. The molecule has 2 aromatic rings. The van der Waals surface area contributed by atoms with E-state index < -0.39 is 5.97 Å². The Kier molecular flexibility index (Phi) is 3.81. The van der Waals surface area contributed by atoms with Crippen LogP contribution >= 0.6 is 23.1 Å². The highest BCUT2D eigenvalue weighted by molar-refractivity contribution is 8.01. The van der Waals surface area contributed by atoms with E-state index in [4.69, 9.17) is 5.11 Å². The maximum atomic E-state index is 10.7. The number of aromatic carboxylic acids is 1. The number of thiazole rings is 1. The number of benzene rings is 1. The van der Waals surface area contributed by atoms with Gasteiger partial charge in [-0.1, -0.05) is 18.7 Å². The van der Waals surface area contributed by atoms with Gasteiger partial charge >= 0.3 is 5.97 Å². The molecule has 0 aliphatic heterocycles. The van der Waals surface area contributed by atoms with Gasteiger partial charge in [-0.15, -0.1) is 11.3 Å².